The van der Waals surface area contributed by atoms with Crippen molar-refractivity contribution in [2.45, 2.75) is 32.6 Å². The van der Waals surface area contributed by atoms with E-state index in [0.29, 0.717) is 30.1 Å². The smallest absolute Gasteiger partial charge is 0.240 e. The Kier molecular flexibility index (Phi) is 4.59. The molecule has 1 fully saturated rings. The van der Waals surface area contributed by atoms with Crippen LogP contribution in [-0.4, -0.2) is 16.8 Å². The number of amides is 2. The normalized spacial score (nSPS) is 14.7. The highest BCUT2D eigenvalue weighted by molar-refractivity contribution is 6.18. The van der Waals surface area contributed by atoms with Crippen LogP contribution in [0.1, 0.15) is 38.2 Å². The van der Waals surface area contributed by atoms with Crippen LogP contribution in [0.4, 0.5) is 11.4 Å². The second-order valence-corrected chi connectivity index (χ2v) is 7.65. The van der Waals surface area contributed by atoms with Crippen molar-refractivity contribution in [3.8, 4) is 0 Å². The van der Waals surface area contributed by atoms with Gasteiger partial charge in [0.1, 0.15) is 5.41 Å². The Bertz CT molecular complexity index is 1030. The Hall–Kier alpha value is -3.21. The van der Waals surface area contributed by atoms with Gasteiger partial charge in [-0.05, 0) is 48.6 Å². The Morgan fingerprint density at radius 2 is 1.61 bits per heavy atom. The van der Waals surface area contributed by atoms with Crippen LogP contribution in [-0.2, 0) is 9.59 Å². The molecule has 2 aromatic carbocycles. The molecule has 1 aliphatic rings. The predicted octanol–water partition coefficient (Wildman–Crippen LogP) is 4.72. The summed E-state index contributed by atoms with van der Waals surface area (Å²) in [4.78, 5) is 30.1. The molecule has 0 atom stereocenters. The third kappa shape index (κ3) is 3.36. The lowest BCUT2D eigenvalue weighted by Gasteiger charge is -2.16. The van der Waals surface area contributed by atoms with Crippen LogP contribution in [0.3, 0.4) is 0 Å². The molecule has 1 saturated carbocycles. The van der Waals surface area contributed by atoms with E-state index in [2.05, 4.69) is 29.5 Å². The van der Waals surface area contributed by atoms with E-state index in [1.807, 2.05) is 54.6 Å². The summed E-state index contributed by atoms with van der Waals surface area (Å²) in [7, 11) is 0. The van der Waals surface area contributed by atoms with Gasteiger partial charge in [-0.2, -0.15) is 0 Å². The minimum absolute atomic E-state index is 0.254. The van der Waals surface area contributed by atoms with E-state index in [9.17, 15) is 9.59 Å². The molecule has 0 aliphatic heterocycles. The van der Waals surface area contributed by atoms with E-state index < -0.39 is 5.41 Å². The van der Waals surface area contributed by atoms with Crippen molar-refractivity contribution in [3.63, 3.8) is 0 Å². The number of rotatable bonds is 5. The van der Waals surface area contributed by atoms with Crippen LogP contribution >= 0.6 is 0 Å². The van der Waals surface area contributed by atoms with Gasteiger partial charge in [0.15, 0.2) is 0 Å². The highest BCUT2D eigenvalue weighted by Gasteiger charge is 2.56. The van der Waals surface area contributed by atoms with Crippen molar-refractivity contribution in [3.05, 3.63) is 66.4 Å². The largest absolute Gasteiger partial charge is 0.325 e. The van der Waals surface area contributed by atoms with E-state index in [1.165, 1.54) is 5.56 Å². The maximum Gasteiger partial charge on any atom is 0.240 e. The standard InChI is InChI=1S/C23H23N3O2/c1-15(2)16-8-10-18(11-9-16)25-21(27)23(12-13-23)22(28)26-19-7-3-5-17-6-4-14-24-20(17)19/h3-11,14-15H,12-13H2,1-2H3,(H,25,27)(H,26,28). The number of hydrogen-bond acceptors (Lipinski definition) is 3. The molecule has 142 valence electrons. The van der Waals surface area contributed by atoms with Crippen molar-refractivity contribution in [2.75, 3.05) is 10.6 Å². The molecular weight excluding hydrogens is 350 g/mol. The van der Waals surface area contributed by atoms with Gasteiger partial charge in [-0.3, -0.25) is 14.6 Å². The first-order valence-electron chi connectivity index (χ1n) is 9.56. The first-order valence-corrected chi connectivity index (χ1v) is 9.56. The molecule has 28 heavy (non-hydrogen) atoms. The van der Waals surface area contributed by atoms with Gasteiger partial charge in [-0.15, -0.1) is 0 Å². The van der Waals surface area contributed by atoms with Gasteiger partial charge in [-0.1, -0.05) is 44.2 Å². The van der Waals surface area contributed by atoms with Gasteiger partial charge in [-0.25, -0.2) is 0 Å². The molecule has 0 spiro atoms. The average Bonchev–Trinajstić information content (AvgIpc) is 3.51. The summed E-state index contributed by atoms with van der Waals surface area (Å²) in [5.74, 6) is -0.0999. The number of anilines is 2. The summed E-state index contributed by atoms with van der Waals surface area (Å²) in [6.07, 6.45) is 2.79. The van der Waals surface area contributed by atoms with Gasteiger partial charge >= 0.3 is 0 Å². The molecule has 5 nitrogen and oxygen atoms in total. The molecule has 4 rings (SSSR count). The van der Waals surface area contributed by atoms with Crippen LogP contribution in [0.5, 0.6) is 0 Å². The third-order valence-corrected chi connectivity index (χ3v) is 5.34. The van der Waals surface area contributed by atoms with Crippen molar-refractivity contribution >= 4 is 34.1 Å². The molecule has 0 bridgehead atoms. The number of benzene rings is 2. The maximum atomic E-state index is 12.9. The first-order chi connectivity index (χ1) is 13.5. The van der Waals surface area contributed by atoms with Crippen LogP contribution < -0.4 is 10.6 Å². The molecule has 3 aromatic rings. The second kappa shape index (κ2) is 7.08. The molecule has 0 saturated heterocycles. The molecule has 0 radical (unpaired) electrons. The quantitative estimate of drug-likeness (QED) is 0.636. The summed E-state index contributed by atoms with van der Waals surface area (Å²) >= 11 is 0. The highest BCUT2D eigenvalue weighted by Crippen LogP contribution is 2.47. The zero-order valence-corrected chi connectivity index (χ0v) is 16.0. The molecule has 2 amide bonds. The lowest BCUT2D eigenvalue weighted by Crippen LogP contribution is -2.35. The number of hydrogen-bond donors (Lipinski definition) is 2. The molecule has 1 aliphatic carbocycles. The van der Waals surface area contributed by atoms with Crippen LogP contribution in [0.2, 0.25) is 0 Å². The molecule has 0 unspecified atom stereocenters. The van der Waals surface area contributed by atoms with Crippen LogP contribution in [0.25, 0.3) is 10.9 Å². The van der Waals surface area contributed by atoms with E-state index in [-0.39, 0.29) is 11.8 Å². The lowest BCUT2D eigenvalue weighted by atomic mass is 10.0. The van der Waals surface area contributed by atoms with E-state index in [4.69, 9.17) is 0 Å². The Morgan fingerprint density at radius 1 is 0.929 bits per heavy atom. The zero-order chi connectivity index (χ0) is 19.7. The van der Waals surface area contributed by atoms with Gasteiger partial charge in [0.2, 0.25) is 11.8 Å². The van der Waals surface area contributed by atoms with Crippen molar-refractivity contribution < 1.29 is 9.59 Å². The fraction of sp³-hybridized carbons (Fsp3) is 0.261. The number of para-hydroxylation sites is 1. The highest BCUT2D eigenvalue weighted by atomic mass is 16.2. The number of aromatic nitrogens is 1. The summed E-state index contributed by atoms with van der Waals surface area (Å²) in [5, 5.41) is 6.76. The van der Waals surface area contributed by atoms with Crippen molar-refractivity contribution in [1.29, 1.82) is 0 Å². The van der Waals surface area contributed by atoms with Gasteiger partial charge in [0.25, 0.3) is 0 Å². The Labute approximate surface area is 164 Å². The maximum absolute atomic E-state index is 12.9. The minimum atomic E-state index is -1.01. The fourth-order valence-corrected chi connectivity index (χ4v) is 3.33. The first kappa shape index (κ1) is 18.2. The topological polar surface area (TPSA) is 71.1 Å². The summed E-state index contributed by atoms with van der Waals surface area (Å²) < 4.78 is 0. The van der Waals surface area contributed by atoms with E-state index in [0.717, 1.165) is 10.9 Å². The Morgan fingerprint density at radius 3 is 2.29 bits per heavy atom. The third-order valence-electron chi connectivity index (χ3n) is 5.34. The van der Waals surface area contributed by atoms with Crippen LogP contribution in [0, 0.1) is 5.41 Å². The number of nitrogens with one attached hydrogen (secondary N) is 2. The van der Waals surface area contributed by atoms with Crippen LogP contribution in [0.15, 0.2) is 60.8 Å². The van der Waals surface area contributed by atoms with E-state index in [1.54, 1.807) is 6.20 Å². The molecule has 1 aromatic heterocycles. The van der Waals surface area contributed by atoms with Crippen molar-refractivity contribution in [2.24, 2.45) is 5.41 Å². The summed E-state index contributed by atoms with van der Waals surface area (Å²) in [6, 6.07) is 17.2. The summed E-state index contributed by atoms with van der Waals surface area (Å²) in [6.45, 7) is 4.25. The fourth-order valence-electron chi connectivity index (χ4n) is 3.33. The second-order valence-electron chi connectivity index (χ2n) is 7.65. The average molecular weight is 373 g/mol. The Balaban J connectivity index is 1.50. The van der Waals surface area contributed by atoms with Gasteiger partial charge in [0.05, 0.1) is 11.2 Å². The zero-order valence-electron chi connectivity index (χ0n) is 16.0. The minimum Gasteiger partial charge on any atom is -0.325 e. The predicted molar refractivity (Wildman–Crippen MR) is 111 cm³/mol. The molecular formula is C23H23N3O2. The van der Waals surface area contributed by atoms with Gasteiger partial charge < -0.3 is 10.6 Å². The molecule has 5 heteroatoms. The number of pyridine rings is 1. The lowest BCUT2D eigenvalue weighted by molar-refractivity contribution is -0.131. The summed E-state index contributed by atoms with van der Waals surface area (Å²) in [5.41, 5.74) is 2.26. The number of carbonyl (C=O) groups excluding carboxylic acids is 2. The number of nitrogens with zero attached hydrogens (tertiary/aromatic N) is 1. The van der Waals surface area contributed by atoms with Gasteiger partial charge in [0, 0.05) is 17.3 Å². The molecule has 1 heterocycles. The van der Waals surface area contributed by atoms with E-state index >= 15 is 0 Å². The van der Waals surface area contributed by atoms with Crippen molar-refractivity contribution in [1.82, 2.24) is 4.98 Å². The monoisotopic (exact) mass is 373 g/mol. The number of carbonyl (C=O) groups is 2. The number of fused-ring (bicyclic) bond motifs is 1. The SMILES string of the molecule is CC(C)c1ccc(NC(=O)C2(C(=O)Nc3cccc4cccnc34)CC2)cc1. The molecule has 2 N–H and O–H groups in total.